The smallest absolute Gasteiger partial charge is 0.338 e. The Kier molecular flexibility index (Phi) is 4.16. The van der Waals surface area contributed by atoms with Gasteiger partial charge in [0.15, 0.2) is 0 Å². The molecule has 0 radical (unpaired) electrons. The summed E-state index contributed by atoms with van der Waals surface area (Å²) in [5, 5.41) is 9.02. The van der Waals surface area contributed by atoms with Crippen molar-refractivity contribution in [3.8, 4) is 0 Å². The predicted octanol–water partition coefficient (Wildman–Crippen LogP) is 2.00. The number of benzene rings is 1. The number of hydrogen-bond donors (Lipinski definition) is 1. The standard InChI is InChI=1S/C17H21NO4/c1-11-12(2-3-14-15(11)10-22-17(14)21)4-7-18-8-5-13(6-9-18)16(19)20/h2-3,13H,4-10H2,1H3,(H,19,20). The number of esters is 1. The van der Waals surface area contributed by atoms with Crippen LogP contribution in [-0.2, 0) is 22.6 Å². The van der Waals surface area contributed by atoms with Gasteiger partial charge in [0.25, 0.3) is 0 Å². The van der Waals surface area contributed by atoms with Gasteiger partial charge >= 0.3 is 11.9 Å². The Bertz CT molecular complexity index is 603. The second kappa shape index (κ2) is 6.08. The van der Waals surface area contributed by atoms with Crippen LogP contribution in [0.2, 0.25) is 0 Å². The minimum Gasteiger partial charge on any atom is -0.481 e. The van der Waals surface area contributed by atoms with Gasteiger partial charge in [-0.05, 0) is 56.5 Å². The van der Waals surface area contributed by atoms with Crippen LogP contribution >= 0.6 is 0 Å². The number of ether oxygens (including phenoxy) is 1. The summed E-state index contributed by atoms with van der Waals surface area (Å²) in [7, 11) is 0. The number of aliphatic carboxylic acids is 1. The number of cyclic esters (lactones) is 1. The van der Waals surface area contributed by atoms with Gasteiger partial charge in [-0.3, -0.25) is 4.79 Å². The van der Waals surface area contributed by atoms with Gasteiger partial charge in [0, 0.05) is 12.1 Å². The van der Waals surface area contributed by atoms with E-state index >= 15 is 0 Å². The topological polar surface area (TPSA) is 66.8 Å². The van der Waals surface area contributed by atoms with Gasteiger partial charge in [-0.2, -0.15) is 0 Å². The minimum absolute atomic E-state index is 0.179. The van der Waals surface area contributed by atoms with Crippen molar-refractivity contribution in [2.24, 2.45) is 5.92 Å². The van der Waals surface area contributed by atoms with E-state index in [1.165, 1.54) is 5.56 Å². The van der Waals surface area contributed by atoms with E-state index in [0.717, 1.165) is 50.0 Å². The molecule has 2 heterocycles. The van der Waals surface area contributed by atoms with Crippen molar-refractivity contribution in [3.63, 3.8) is 0 Å². The molecule has 0 aromatic heterocycles. The lowest BCUT2D eigenvalue weighted by Crippen LogP contribution is -2.37. The number of nitrogens with zero attached hydrogens (tertiary/aromatic N) is 1. The van der Waals surface area contributed by atoms with E-state index in [1.807, 2.05) is 19.1 Å². The molecule has 1 N–H and O–H groups in total. The number of hydrogen-bond acceptors (Lipinski definition) is 4. The highest BCUT2D eigenvalue weighted by atomic mass is 16.5. The molecule has 1 fully saturated rings. The molecule has 5 heteroatoms. The average Bonchev–Trinajstić information content (AvgIpc) is 2.89. The Morgan fingerprint density at radius 3 is 2.77 bits per heavy atom. The van der Waals surface area contributed by atoms with Crippen molar-refractivity contribution in [1.29, 1.82) is 0 Å². The zero-order valence-corrected chi connectivity index (χ0v) is 12.8. The molecule has 5 nitrogen and oxygen atoms in total. The first kappa shape index (κ1) is 15.0. The highest BCUT2D eigenvalue weighted by molar-refractivity contribution is 5.93. The number of piperidine rings is 1. The lowest BCUT2D eigenvalue weighted by Gasteiger charge is -2.30. The molecule has 0 aliphatic carbocycles. The number of carbonyl (C=O) groups is 2. The SMILES string of the molecule is Cc1c(CCN2CCC(C(=O)O)CC2)ccc2c1COC2=O. The zero-order valence-electron chi connectivity index (χ0n) is 12.8. The minimum atomic E-state index is -0.668. The molecule has 2 aliphatic heterocycles. The first-order valence-electron chi connectivity index (χ1n) is 7.80. The molecular weight excluding hydrogens is 282 g/mol. The van der Waals surface area contributed by atoms with Crippen LogP contribution in [0.3, 0.4) is 0 Å². The van der Waals surface area contributed by atoms with Gasteiger partial charge in [-0.15, -0.1) is 0 Å². The van der Waals surface area contributed by atoms with Crippen molar-refractivity contribution in [3.05, 3.63) is 34.4 Å². The van der Waals surface area contributed by atoms with E-state index in [-0.39, 0.29) is 11.9 Å². The third kappa shape index (κ3) is 2.86. The van der Waals surface area contributed by atoms with Gasteiger partial charge in [0.2, 0.25) is 0 Å². The summed E-state index contributed by atoms with van der Waals surface area (Å²) in [4.78, 5) is 24.8. The van der Waals surface area contributed by atoms with E-state index in [9.17, 15) is 9.59 Å². The van der Waals surface area contributed by atoms with Gasteiger partial charge in [-0.1, -0.05) is 6.07 Å². The highest BCUT2D eigenvalue weighted by Crippen LogP contribution is 2.26. The fraction of sp³-hybridized carbons (Fsp3) is 0.529. The summed E-state index contributed by atoms with van der Waals surface area (Å²) in [6.07, 6.45) is 2.40. The number of rotatable bonds is 4. The summed E-state index contributed by atoms with van der Waals surface area (Å²) in [5.41, 5.74) is 4.12. The van der Waals surface area contributed by atoms with Crippen LogP contribution in [-0.4, -0.2) is 41.6 Å². The monoisotopic (exact) mass is 303 g/mol. The van der Waals surface area contributed by atoms with Crippen molar-refractivity contribution < 1.29 is 19.4 Å². The fourth-order valence-electron chi connectivity index (χ4n) is 3.35. The molecule has 0 saturated carbocycles. The van der Waals surface area contributed by atoms with Gasteiger partial charge < -0.3 is 14.7 Å². The fourth-order valence-corrected chi connectivity index (χ4v) is 3.35. The molecule has 1 saturated heterocycles. The van der Waals surface area contributed by atoms with E-state index in [0.29, 0.717) is 12.2 Å². The molecule has 118 valence electrons. The molecule has 0 bridgehead atoms. The average molecular weight is 303 g/mol. The number of fused-ring (bicyclic) bond motifs is 1. The highest BCUT2D eigenvalue weighted by Gasteiger charge is 2.26. The lowest BCUT2D eigenvalue weighted by atomic mass is 9.95. The molecule has 1 aromatic rings. The van der Waals surface area contributed by atoms with Crippen LogP contribution in [0, 0.1) is 12.8 Å². The van der Waals surface area contributed by atoms with Crippen LogP contribution in [0.1, 0.15) is 39.9 Å². The Labute approximate surface area is 129 Å². The summed E-state index contributed by atoms with van der Waals surface area (Å²) >= 11 is 0. The summed E-state index contributed by atoms with van der Waals surface area (Å²) < 4.78 is 5.08. The Morgan fingerprint density at radius 1 is 1.36 bits per heavy atom. The molecule has 3 rings (SSSR count). The van der Waals surface area contributed by atoms with Crippen LogP contribution in [0.4, 0.5) is 0 Å². The second-order valence-electron chi connectivity index (χ2n) is 6.16. The summed E-state index contributed by atoms with van der Waals surface area (Å²) in [6, 6.07) is 3.88. The summed E-state index contributed by atoms with van der Waals surface area (Å²) in [6.45, 7) is 5.07. The number of carboxylic acids is 1. The van der Waals surface area contributed by atoms with Crippen LogP contribution in [0.15, 0.2) is 12.1 Å². The molecule has 2 aliphatic rings. The number of carboxylic acid groups (broad SMARTS) is 1. The van der Waals surface area contributed by atoms with Gasteiger partial charge in [0.05, 0.1) is 11.5 Å². The first-order valence-corrected chi connectivity index (χ1v) is 7.80. The van der Waals surface area contributed by atoms with Gasteiger partial charge in [-0.25, -0.2) is 4.79 Å². The zero-order chi connectivity index (χ0) is 15.7. The molecule has 0 spiro atoms. The Hall–Kier alpha value is -1.88. The maximum Gasteiger partial charge on any atom is 0.338 e. The maximum absolute atomic E-state index is 11.5. The first-order chi connectivity index (χ1) is 10.6. The lowest BCUT2D eigenvalue weighted by molar-refractivity contribution is -0.143. The maximum atomic E-state index is 11.5. The third-order valence-corrected chi connectivity index (χ3v) is 4.91. The summed E-state index contributed by atoms with van der Waals surface area (Å²) in [5.74, 6) is -1.07. The second-order valence-corrected chi connectivity index (χ2v) is 6.16. The van der Waals surface area contributed by atoms with Crippen LogP contribution in [0.5, 0.6) is 0 Å². The molecule has 0 atom stereocenters. The van der Waals surface area contributed by atoms with Crippen molar-refractivity contribution in [2.45, 2.75) is 32.8 Å². The molecule has 0 unspecified atom stereocenters. The van der Waals surface area contributed by atoms with Gasteiger partial charge in [0.1, 0.15) is 6.61 Å². The van der Waals surface area contributed by atoms with E-state index < -0.39 is 5.97 Å². The number of carbonyl (C=O) groups excluding carboxylic acids is 1. The Balaban J connectivity index is 1.59. The number of likely N-dealkylation sites (tertiary alicyclic amines) is 1. The molecular formula is C17H21NO4. The molecule has 0 amide bonds. The quantitative estimate of drug-likeness (QED) is 0.862. The van der Waals surface area contributed by atoms with Crippen molar-refractivity contribution in [2.75, 3.05) is 19.6 Å². The molecule has 1 aromatic carbocycles. The van der Waals surface area contributed by atoms with E-state index in [2.05, 4.69) is 4.90 Å². The Morgan fingerprint density at radius 2 is 2.09 bits per heavy atom. The normalized spacial score (nSPS) is 19.0. The predicted molar refractivity (Wildman–Crippen MR) is 80.8 cm³/mol. The van der Waals surface area contributed by atoms with E-state index in [4.69, 9.17) is 9.84 Å². The largest absolute Gasteiger partial charge is 0.481 e. The van der Waals surface area contributed by atoms with Crippen molar-refractivity contribution >= 4 is 11.9 Å². The third-order valence-electron chi connectivity index (χ3n) is 4.91. The van der Waals surface area contributed by atoms with Crippen molar-refractivity contribution in [1.82, 2.24) is 4.90 Å². The van der Waals surface area contributed by atoms with E-state index in [1.54, 1.807) is 0 Å². The van der Waals surface area contributed by atoms with Crippen LogP contribution < -0.4 is 0 Å². The molecule has 22 heavy (non-hydrogen) atoms. The van der Waals surface area contributed by atoms with Crippen LogP contribution in [0.25, 0.3) is 0 Å².